The smallest absolute Gasteiger partial charge is 0.244 e. The van der Waals surface area contributed by atoms with Gasteiger partial charge >= 0.3 is 0 Å². The number of amides is 1. The molecule has 0 atom stereocenters. The number of carbonyl (C=O) groups excluding carboxylic acids is 1. The summed E-state index contributed by atoms with van der Waals surface area (Å²) in [5.74, 6) is 2.50. The molecule has 0 radical (unpaired) electrons. The second kappa shape index (κ2) is 7.36. The lowest BCUT2D eigenvalue weighted by Crippen LogP contribution is -2.20. The Kier molecular flexibility index (Phi) is 5.25. The van der Waals surface area contributed by atoms with Gasteiger partial charge in [0.25, 0.3) is 0 Å². The zero-order chi connectivity index (χ0) is 15.9. The molecule has 5 nitrogen and oxygen atoms in total. The van der Waals surface area contributed by atoms with Gasteiger partial charge in [-0.05, 0) is 31.2 Å². The predicted octanol–water partition coefficient (Wildman–Crippen LogP) is 2.93. The van der Waals surface area contributed by atoms with Crippen LogP contribution in [-0.4, -0.2) is 20.1 Å². The fourth-order valence-corrected chi connectivity index (χ4v) is 2.03. The van der Waals surface area contributed by atoms with Gasteiger partial charge in [0, 0.05) is 18.2 Å². The van der Waals surface area contributed by atoms with Crippen molar-refractivity contribution in [3.63, 3.8) is 0 Å². The summed E-state index contributed by atoms with van der Waals surface area (Å²) in [6.07, 6.45) is 3.07. The van der Waals surface area contributed by atoms with Gasteiger partial charge in [0.2, 0.25) is 5.91 Å². The molecule has 0 bridgehead atoms. The minimum absolute atomic E-state index is 0.209. The van der Waals surface area contributed by atoms with E-state index in [1.54, 1.807) is 20.3 Å². The summed E-state index contributed by atoms with van der Waals surface area (Å²) < 4.78 is 15.9. The number of nitrogens with one attached hydrogen (secondary N) is 1. The van der Waals surface area contributed by atoms with Crippen molar-refractivity contribution in [1.82, 2.24) is 5.32 Å². The van der Waals surface area contributed by atoms with Crippen molar-refractivity contribution in [3.05, 3.63) is 53.5 Å². The van der Waals surface area contributed by atoms with E-state index in [0.717, 1.165) is 11.3 Å². The molecule has 0 saturated carbocycles. The van der Waals surface area contributed by atoms with Gasteiger partial charge in [-0.2, -0.15) is 0 Å². The van der Waals surface area contributed by atoms with Crippen molar-refractivity contribution in [2.75, 3.05) is 14.2 Å². The highest BCUT2D eigenvalue weighted by Crippen LogP contribution is 2.30. The number of benzene rings is 1. The summed E-state index contributed by atoms with van der Waals surface area (Å²) in [7, 11) is 3.15. The van der Waals surface area contributed by atoms with Crippen LogP contribution in [0, 0.1) is 6.92 Å². The summed E-state index contributed by atoms with van der Waals surface area (Å²) in [6.45, 7) is 2.20. The van der Waals surface area contributed by atoms with E-state index in [1.165, 1.54) is 6.08 Å². The number of carbonyl (C=O) groups is 1. The van der Waals surface area contributed by atoms with E-state index in [-0.39, 0.29) is 5.91 Å². The third-order valence-electron chi connectivity index (χ3n) is 3.10. The van der Waals surface area contributed by atoms with E-state index in [9.17, 15) is 4.79 Å². The molecule has 2 rings (SSSR count). The maximum Gasteiger partial charge on any atom is 0.244 e. The van der Waals surface area contributed by atoms with Gasteiger partial charge in [0.15, 0.2) is 11.5 Å². The molecule has 0 aliphatic rings. The van der Waals surface area contributed by atoms with E-state index >= 15 is 0 Å². The summed E-state index contributed by atoms with van der Waals surface area (Å²) in [5, 5.41) is 2.80. The fourth-order valence-electron chi connectivity index (χ4n) is 2.03. The molecule has 0 unspecified atom stereocenters. The van der Waals surface area contributed by atoms with Crippen molar-refractivity contribution >= 4 is 12.0 Å². The fraction of sp³-hybridized carbons (Fsp3) is 0.235. The lowest BCUT2D eigenvalue weighted by molar-refractivity contribution is -0.116. The van der Waals surface area contributed by atoms with Crippen LogP contribution in [0.1, 0.15) is 17.1 Å². The minimum Gasteiger partial charge on any atom is -0.493 e. The summed E-state index contributed by atoms with van der Waals surface area (Å²) >= 11 is 0. The Hall–Kier alpha value is -2.69. The number of hydrogen-bond acceptors (Lipinski definition) is 4. The van der Waals surface area contributed by atoms with E-state index in [4.69, 9.17) is 13.9 Å². The minimum atomic E-state index is -0.209. The summed E-state index contributed by atoms with van der Waals surface area (Å²) in [5.41, 5.74) is 0.845. The second-order valence-corrected chi connectivity index (χ2v) is 4.65. The Morgan fingerprint density at radius 3 is 2.68 bits per heavy atom. The van der Waals surface area contributed by atoms with Gasteiger partial charge in [-0.3, -0.25) is 4.79 Å². The molecule has 116 valence electrons. The monoisotopic (exact) mass is 301 g/mol. The van der Waals surface area contributed by atoms with Crippen LogP contribution in [0.5, 0.6) is 11.5 Å². The third-order valence-corrected chi connectivity index (χ3v) is 3.10. The maximum atomic E-state index is 11.8. The van der Waals surface area contributed by atoms with Gasteiger partial charge in [-0.25, -0.2) is 0 Å². The van der Waals surface area contributed by atoms with Crippen LogP contribution in [0.15, 0.2) is 40.8 Å². The van der Waals surface area contributed by atoms with Crippen molar-refractivity contribution in [1.29, 1.82) is 0 Å². The lowest BCUT2D eigenvalue weighted by Gasteiger charge is -2.12. The number of ether oxygens (including phenoxy) is 2. The highest BCUT2D eigenvalue weighted by atomic mass is 16.5. The SMILES string of the molecule is COc1cccc(CNC(=O)/C=C/c2ccc(C)o2)c1OC. The first-order valence-corrected chi connectivity index (χ1v) is 6.86. The van der Waals surface area contributed by atoms with Crippen LogP contribution in [0.4, 0.5) is 0 Å². The molecule has 0 saturated heterocycles. The lowest BCUT2D eigenvalue weighted by atomic mass is 10.2. The molecule has 1 N–H and O–H groups in total. The Labute approximate surface area is 129 Å². The van der Waals surface area contributed by atoms with Crippen LogP contribution >= 0.6 is 0 Å². The topological polar surface area (TPSA) is 60.7 Å². The molecule has 0 fully saturated rings. The molecule has 5 heteroatoms. The number of aryl methyl sites for hydroxylation is 1. The average molecular weight is 301 g/mol. The van der Waals surface area contributed by atoms with Crippen molar-refractivity contribution in [2.45, 2.75) is 13.5 Å². The highest BCUT2D eigenvalue weighted by Gasteiger charge is 2.09. The average Bonchev–Trinajstić information content (AvgIpc) is 2.95. The Morgan fingerprint density at radius 1 is 1.23 bits per heavy atom. The molecule has 0 spiro atoms. The van der Waals surface area contributed by atoms with Crippen LogP contribution in [-0.2, 0) is 11.3 Å². The largest absolute Gasteiger partial charge is 0.493 e. The van der Waals surface area contributed by atoms with E-state index in [0.29, 0.717) is 23.8 Å². The first-order valence-electron chi connectivity index (χ1n) is 6.86. The molecular weight excluding hydrogens is 282 g/mol. The summed E-state index contributed by atoms with van der Waals surface area (Å²) in [4.78, 5) is 11.8. The molecule has 0 aliphatic heterocycles. The van der Waals surface area contributed by atoms with Crippen LogP contribution < -0.4 is 14.8 Å². The number of para-hydroxylation sites is 1. The van der Waals surface area contributed by atoms with E-state index < -0.39 is 0 Å². The standard InChI is InChI=1S/C17H19NO4/c1-12-7-8-14(22-12)9-10-16(19)18-11-13-5-4-6-15(20-2)17(13)21-3/h4-10H,11H2,1-3H3,(H,18,19)/b10-9+. The first kappa shape index (κ1) is 15.7. The van der Waals surface area contributed by atoms with Gasteiger partial charge in [-0.1, -0.05) is 12.1 Å². The molecule has 1 aromatic carbocycles. The van der Waals surface area contributed by atoms with Crippen molar-refractivity contribution < 1.29 is 18.7 Å². The molecule has 1 amide bonds. The van der Waals surface area contributed by atoms with Crippen LogP contribution in [0.2, 0.25) is 0 Å². The first-order chi connectivity index (χ1) is 10.6. The Morgan fingerprint density at radius 2 is 2.05 bits per heavy atom. The quantitative estimate of drug-likeness (QED) is 0.833. The van der Waals surface area contributed by atoms with Gasteiger partial charge in [-0.15, -0.1) is 0 Å². The normalized spacial score (nSPS) is 10.7. The molecule has 0 aliphatic carbocycles. The van der Waals surface area contributed by atoms with Crippen molar-refractivity contribution in [2.24, 2.45) is 0 Å². The molecule has 1 aromatic heterocycles. The molecule has 1 heterocycles. The number of hydrogen-bond donors (Lipinski definition) is 1. The van der Waals surface area contributed by atoms with Gasteiger partial charge in [0.1, 0.15) is 11.5 Å². The third kappa shape index (κ3) is 3.91. The van der Waals surface area contributed by atoms with Crippen molar-refractivity contribution in [3.8, 4) is 11.5 Å². The molecular formula is C17H19NO4. The summed E-state index contributed by atoms with van der Waals surface area (Å²) in [6, 6.07) is 9.19. The zero-order valence-corrected chi connectivity index (χ0v) is 12.9. The number of methoxy groups -OCH3 is 2. The van der Waals surface area contributed by atoms with Crippen LogP contribution in [0.25, 0.3) is 6.08 Å². The molecule has 22 heavy (non-hydrogen) atoms. The Balaban J connectivity index is 1.98. The van der Waals surface area contributed by atoms with Gasteiger partial charge in [0.05, 0.1) is 14.2 Å². The highest BCUT2D eigenvalue weighted by molar-refractivity contribution is 5.91. The second-order valence-electron chi connectivity index (χ2n) is 4.65. The van der Waals surface area contributed by atoms with Crippen LogP contribution in [0.3, 0.4) is 0 Å². The maximum absolute atomic E-state index is 11.8. The molecule has 2 aromatic rings. The number of furan rings is 1. The zero-order valence-electron chi connectivity index (χ0n) is 12.9. The van der Waals surface area contributed by atoms with E-state index in [1.807, 2.05) is 37.3 Å². The number of rotatable bonds is 6. The van der Waals surface area contributed by atoms with Gasteiger partial charge < -0.3 is 19.2 Å². The van der Waals surface area contributed by atoms with E-state index in [2.05, 4.69) is 5.32 Å². The predicted molar refractivity (Wildman–Crippen MR) is 83.9 cm³/mol. The Bertz CT molecular complexity index is 673.